The van der Waals surface area contributed by atoms with Crippen LogP contribution in [0.2, 0.25) is 0 Å². The number of hydrazone groups is 1. The molecule has 1 aromatic heterocycles. The molecule has 26 heavy (non-hydrogen) atoms. The molecule has 2 aromatic carbocycles. The first-order valence-electron chi connectivity index (χ1n) is 8.53. The number of ether oxygens (including phenoxy) is 1. The number of benzene rings is 2. The molecule has 1 heterocycles. The van der Waals surface area contributed by atoms with Crippen LogP contribution in [0.4, 0.5) is 0 Å². The first kappa shape index (κ1) is 17.7. The summed E-state index contributed by atoms with van der Waals surface area (Å²) in [5, 5.41) is 5.21. The van der Waals surface area contributed by atoms with Crippen LogP contribution in [0.25, 0.3) is 10.9 Å². The smallest absolute Gasteiger partial charge is 0.277 e. The van der Waals surface area contributed by atoms with E-state index in [0.717, 1.165) is 33.3 Å². The average molecular weight is 349 g/mol. The Labute approximate surface area is 153 Å². The molecule has 5 heteroatoms. The van der Waals surface area contributed by atoms with Crippen molar-refractivity contribution in [3.8, 4) is 5.75 Å². The number of fused-ring (bicyclic) bond motifs is 1. The van der Waals surface area contributed by atoms with Crippen molar-refractivity contribution in [1.82, 2.24) is 9.99 Å². The number of aryl methyl sites for hydroxylation is 3. The Bertz CT molecular complexity index is 986. The Morgan fingerprint density at radius 3 is 2.77 bits per heavy atom. The van der Waals surface area contributed by atoms with Gasteiger partial charge in [0.2, 0.25) is 0 Å². The number of para-hydroxylation sites is 1. The molecule has 0 radical (unpaired) electrons. The SMILES string of the molecule is Cc1ccc(C)c(OCC(=O)NN=Cc2c(C)n(C)c3ccccc23)c1. The maximum Gasteiger partial charge on any atom is 0.277 e. The van der Waals surface area contributed by atoms with Crippen LogP contribution in [-0.4, -0.2) is 23.3 Å². The second kappa shape index (κ2) is 7.44. The standard InChI is InChI=1S/C21H23N3O2/c1-14-9-10-15(2)20(11-14)26-13-21(25)23-22-12-18-16(3)24(4)19-8-6-5-7-17(18)19/h5-12H,13H2,1-4H3,(H,23,25). The minimum atomic E-state index is -0.292. The highest BCUT2D eigenvalue weighted by Gasteiger charge is 2.09. The first-order valence-corrected chi connectivity index (χ1v) is 8.53. The number of nitrogens with zero attached hydrogens (tertiary/aromatic N) is 2. The second-order valence-electron chi connectivity index (χ2n) is 6.43. The molecule has 0 aliphatic carbocycles. The van der Waals surface area contributed by atoms with Gasteiger partial charge in [-0.2, -0.15) is 5.10 Å². The first-order chi connectivity index (χ1) is 12.5. The molecule has 0 bridgehead atoms. The lowest BCUT2D eigenvalue weighted by Crippen LogP contribution is -2.24. The summed E-state index contributed by atoms with van der Waals surface area (Å²) < 4.78 is 7.70. The van der Waals surface area contributed by atoms with E-state index in [1.54, 1.807) is 6.21 Å². The summed E-state index contributed by atoms with van der Waals surface area (Å²) in [5.41, 5.74) is 7.85. The van der Waals surface area contributed by atoms with Crippen molar-refractivity contribution in [1.29, 1.82) is 0 Å². The number of rotatable bonds is 5. The van der Waals surface area contributed by atoms with Gasteiger partial charge >= 0.3 is 0 Å². The Morgan fingerprint density at radius 2 is 1.96 bits per heavy atom. The van der Waals surface area contributed by atoms with Crippen LogP contribution in [0.5, 0.6) is 5.75 Å². The van der Waals surface area contributed by atoms with E-state index in [9.17, 15) is 4.79 Å². The summed E-state index contributed by atoms with van der Waals surface area (Å²) in [6.07, 6.45) is 1.69. The number of aromatic nitrogens is 1. The van der Waals surface area contributed by atoms with Crippen LogP contribution in [0.15, 0.2) is 47.6 Å². The van der Waals surface area contributed by atoms with E-state index in [1.807, 2.05) is 58.2 Å². The molecule has 0 atom stereocenters. The van der Waals surface area contributed by atoms with E-state index < -0.39 is 0 Å². The maximum atomic E-state index is 12.0. The molecule has 3 rings (SSSR count). The quantitative estimate of drug-likeness (QED) is 0.565. The molecule has 3 aromatic rings. The zero-order valence-corrected chi connectivity index (χ0v) is 15.5. The highest BCUT2D eigenvalue weighted by atomic mass is 16.5. The molecule has 0 saturated carbocycles. The van der Waals surface area contributed by atoms with Gasteiger partial charge in [0.1, 0.15) is 5.75 Å². The largest absolute Gasteiger partial charge is 0.483 e. The number of carbonyl (C=O) groups excluding carboxylic acids is 1. The van der Waals surface area contributed by atoms with Gasteiger partial charge in [0.05, 0.1) is 6.21 Å². The summed E-state index contributed by atoms with van der Waals surface area (Å²) in [7, 11) is 2.02. The van der Waals surface area contributed by atoms with Crippen molar-refractivity contribution < 1.29 is 9.53 Å². The van der Waals surface area contributed by atoms with Crippen molar-refractivity contribution in [2.45, 2.75) is 20.8 Å². The molecule has 5 nitrogen and oxygen atoms in total. The lowest BCUT2D eigenvalue weighted by atomic mass is 10.1. The van der Waals surface area contributed by atoms with Crippen LogP contribution in [0.3, 0.4) is 0 Å². The Balaban J connectivity index is 1.65. The zero-order valence-electron chi connectivity index (χ0n) is 15.5. The zero-order chi connectivity index (χ0) is 18.7. The average Bonchev–Trinajstić information content (AvgIpc) is 2.87. The molecular formula is C21H23N3O2. The summed E-state index contributed by atoms with van der Waals surface area (Å²) in [6, 6.07) is 14.0. The van der Waals surface area contributed by atoms with E-state index in [1.165, 1.54) is 0 Å². The lowest BCUT2D eigenvalue weighted by Gasteiger charge is -2.08. The van der Waals surface area contributed by atoms with Gasteiger partial charge < -0.3 is 9.30 Å². The van der Waals surface area contributed by atoms with Crippen molar-refractivity contribution in [2.24, 2.45) is 12.1 Å². The van der Waals surface area contributed by atoms with E-state index in [0.29, 0.717) is 5.75 Å². The predicted octanol–water partition coefficient (Wildman–Crippen LogP) is 3.63. The Morgan fingerprint density at radius 1 is 1.19 bits per heavy atom. The highest BCUT2D eigenvalue weighted by Crippen LogP contribution is 2.23. The van der Waals surface area contributed by atoms with Gasteiger partial charge in [-0.25, -0.2) is 5.43 Å². The molecule has 134 valence electrons. The molecule has 0 saturated heterocycles. The fraction of sp³-hybridized carbons (Fsp3) is 0.238. The monoisotopic (exact) mass is 349 g/mol. The molecule has 0 aliphatic rings. The third-order valence-electron chi connectivity index (χ3n) is 4.53. The number of amides is 1. The molecule has 1 N–H and O–H groups in total. The molecular weight excluding hydrogens is 326 g/mol. The normalized spacial score (nSPS) is 11.2. The number of hydrogen-bond donors (Lipinski definition) is 1. The van der Waals surface area contributed by atoms with Gasteiger partial charge in [0, 0.05) is 29.2 Å². The van der Waals surface area contributed by atoms with Crippen molar-refractivity contribution in [3.63, 3.8) is 0 Å². The molecule has 0 aliphatic heterocycles. The van der Waals surface area contributed by atoms with E-state index in [2.05, 4.69) is 27.2 Å². The Hall–Kier alpha value is -3.08. The predicted molar refractivity (Wildman–Crippen MR) is 105 cm³/mol. The third kappa shape index (κ3) is 3.61. The summed E-state index contributed by atoms with van der Waals surface area (Å²) >= 11 is 0. The third-order valence-corrected chi connectivity index (χ3v) is 4.53. The summed E-state index contributed by atoms with van der Waals surface area (Å²) in [5.74, 6) is 0.425. The van der Waals surface area contributed by atoms with Crippen molar-refractivity contribution in [3.05, 3.63) is 64.8 Å². The minimum absolute atomic E-state index is 0.0733. The van der Waals surface area contributed by atoms with E-state index in [-0.39, 0.29) is 12.5 Å². The van der Waals surface area contributed by atoms with Gasteiger partial charge in [-0.05, 0) is 44.0 Å². The maximum absolute atomic E-state index is 12.0. The Kier molecular flexibility index (Phi) is 5.07. The lowest BCUT2D eigenvalue weighted by molar-refractivity contribution is -0.123. The fourth-order valence-electron chi connectivity index (χ4n) is 2.92. The van der Waals surface area contributed by atoms with Crippen molar-refractivity contribution >= 4 is 23.0 Å². The summed E-state index contributed by atoms with van der Waals surface area (Å²) in [6.45, 7) is 5.90. The highest BCUT2D eigenvalue weighted by molar-refractivity contribution is 6.01. The van der Waals surface area contributed by atoms with Gasteiger partial charge in [-0.15, -0.1) is 0 Å². The van der Waals surface area contributed by atoms with E-state index in [4.69, 9.17) is 4.74 Å². The van der Waals surface area contributed by atoms with Crippen LogP contribution in [0.1, 0.15) is 22.4 Å². The molecule has 1 amide bonds. The van der Waals surface area contributed by atoms with Gasteiger partial charge in [0.25, 0.3) is 5.91 Å². The molecule has 0 spiro atoms. The topological polar surface area (TPSA) is 55.6 Å². The number of hydrogen-bond acceptors (Lipinski definition) is 3. The number of nitrogens with one attached hydrogen (secondary N) is 1. The number of carbonyl (C=O) groups is 1. The van der Waals surface area contributed by atoms with Gasteiger partial charge in [0.15, 0.2) is 6.61 Å². The van der Waals surface area contributed by atoms with Crippen molar-refractivity contribution in [2.75, 3.05) is 6.61 Å². The van der Waals surface area contributed by atoms with Crippen LogP contribution in [0, 0.1) is 20.8 Å². The minimum Gasteiger partial charge on any atom is -0.483 e. The second-order valence-corrected chi connectivity index (χ2v) is 6.43. The van der Waals surface area contributed by atoms with E-state index >= 15 is 0 Å². The van der Waals surface area contributed by atoms with Crippen LogP contribution in [-0.2, 0) is 11.8 Å². The van der Waals surface area contributed by atoms with Gasteiger partial charge in [-0.3, -0.25) is 4.79 Å². The summed E-state index contributed by atoms with van der Waals surface area (Å²) in [4.78, 5) is 12.0. The van der Waals surface area contributed by atoms with Crippen LogP contribution >= 0.6 is 0 Å². The molecule has 0 fully saturated rings. The van der Waals surface area contributed by atoms with Gasteiger partial charge in [-0.1, -0.05) is 30.3 Å². The fourth-order valence-corrected chi connectivity index (χ4v) is 2.92. The molecule has 0 unspecified atom stereocenters. The van der Waals surface area contributed by atoms with Crippen LogP contribution < -0.4 is 10.2 Å².